The summed E-state index contributed by atoms with van der Waals surface area (Å²) in [7, 11) is 0. The molecule has 130 valence electrons. The van der Waals surface area contributed by atoms with Crippen LogP contribution in [0.15, 0.2) is 42.5 Å². The Kier molecular flexibility index (Phi) is 5.78. The molecule has 0 saturated carbocycles. The third-order valence-electron chi connectivity index (χ3n) is 3.44. The fourth-order valence-corrected chi connectivity index (χ4v) is 2.13. The number of aldehydes is 1. The Balaban J connectivity index is 1.96. The summed E-state index contributed by atoms with van der Waals surface area (Å²) in [5.74, 6) is -0.748. The van der Waals surface area contributed by atoms with Crippen LogP contribution in [-0.2, 0) is 4.79 Å². The fraction of sp³-hybridized carbons (Fsp3) is 0.176. The molecule has 0 fully saturated rings. The first-order valence-electron chi connectivity index (χ1n) is 7.32. The fourth-order valence-electron chi connectivity index (χ4n) is 2.13. The largest absolute Gasteiger partial charge is 0.483 e. The SMILES string of the molecule is CC(NC(=O)COc1ccc([N+](=O)[O-])cc1C=O)c1ccc(F)cc1. The summed E-state index contributed by atoms with van der Waals surface area (Å²) in [4.78, 5) is 33.0. The van der Waals surface area contributed by atoms with E-state index in [-0.39, 0.29) is 35.5 Å². The molecule has 0 radical (unpaired) electrons. The molecule has 0 spiro atoms. The number of nitrogens with one attached hydrogen (secondary N) is 1. The van der Waals surface area contributed by atoms with Crippen LogP contribution in [0.5, 0.6) is 5.75 Å². The zero-order valence-corrected chi connectivity index (χ0v) is 13.3. The van der Waals surface area contributed by atoms with Crippen molar-refractivity contribution in [1.82, 2.24) is 5.32 Å². The third kappa shape index (κ3) is 4.84. The number of hydrogen-bond acceptors (Lipinski definition) is 5. The number of amides is 1. The van der Waals surface area contributed by atoms with Gasteiger partial charge in [0, 0.05) is 12.1 Å². The number of ether oxygens (including phenoxy) is 1. The van der Waals surface area contributed by atoms with Gasteiger partial charge in [-0.1, -0.05) is 12.1 Å². The predicted octanol–water partition coefficient (Wildman–Crippen LogP) is 2.80. The molecular formula is C17H15FN2O5. The quantitative estimate of drug-likeness (QED) is 0.472. The number of halogens is 1. The third-order valence-corrected chi connectivity index (χ3v) is 3.44. The monoisotopic (exact) mass is 346 g/mol. The molecule has 0 aliphatic rings. The minimum Gasteiger partial charge on any atom is -0.483 e. The highest BCUT2D eigenvalue weighted by molar-refractivity contribution is 5.82. The van der Waals surface area contributed by atoms with Crippen molar-refractivity contribution in [1.29, 1.82) is 0 Å². The van der Waals surface area contributed by atoms with Crippen LogP contribution in [0.3, 0.4) is 0 Å². The average molecular weight is 346 g/mol. The van der Waals surface area contributed by atoms with E-state index in [4.69, 9.17) is 4.74 Å². The Hall–Kier alpha value is -3.29. The zero-order chi connectivity index (χ0) is 18.4. The number of carbonyl (C=O) groups excluding carboxylic acids is 2. The van der Waals surface area contributed by atoms with Crippen LogP contribution in [-0.4, -0.2) is 23.7 Å². The number of non-ortho nitro benzene ring substituents is 1. The van der Waals surface area contributed by atoms with Gasteiger partial charge in [0.05, 0.1) is 16.5 Å². The van der Waals surface area contributed by atoms with Crippen LogP contribution < -0.4 is 10.1 Å². The van der Waals surface area contributed by atoms with E-state index < -0.39 is 10.8 Å². The van der Waals surface area contributed by atoms with Gasteiger partial charge in [0.25, 0.3) is 11.6 Å². The zero-order valence-electron chi connectivity index (χ0n) is 13.3. The van der Waals surface area contributed by atoms with Crippen LogP contribution in [0.1, 0.15) is 28.9 Å². The topological polar surface area (TPSA) is 98.5 Å². The maximum atomic E-state index is 12.9. The number of nitrogens with zero attached hydrogens (tertiary/aromatic N) is 1. The Morgan fingerprint density at radius 2 is 2.00 bits per heavy atom. The van der Waals surface area contributed by atoms with Gasteiger partial charge in [0.15, 0.2) is 12.9 Å². The lowest BCUT2D eigenvalue weighted by atomic mass is 10.1. The number of benzene rings is 2. The summed E-state index contributed by atoms with van der Waals surface area (Å²) in [6, 6.07) is 8.85. The van der Waals surface area contributed by atoms with Crippen molar-refractivity contribution < 1.29 is 23.6 Å². The minimum absolute atomic E-state index is 0.0198. The van der Waals surface area contributed by atoms with Gasteiger partial charge < -0.3 is 10.1 Å². The van der Waals surface area contributed by atoms with Crippen molar-refractivity contribution >= 4 is 17.9 Å². The molecule has 2 aromatic carbocycles. The van der Waals surface area contributed by atoms with Crippen molar-refractivity contribution in [3.05, 3.63) is 69.5 Å². The lowest BCUT2D eigenvalue weighted by molar-refractivity contribution is -0.384. The molecule has 1 unspecified atom stereocenters. The number of rotatable bonds is 7. The van der Waals surface area contributed by atoms with Crippen LogP contribution in [0.4, 0.5) is 10.1 Å². The van der Waals surface area contributed by atoms with Crippen molar-refractivity contribution in [2.45, 2.75) is 13.0 Å². The van der Waals surface area contributed by atoms with Crippen LogP contribution in [0.2, 0.25) is 0 Å². The van der Waals surface area contributed by atoms with E-state index in [0.29, 0.717) is 6.29 Å². The molecule has 8 heteroatoms. The Labute approximate surface area is 142 Å². The second-order valence-corrected chi connectivity index (χ2v) is 5.23. The minimum atomic E-state index is -0.631. The normalized spacial score (nSPS) is 11.4. The van der Waals surface area contributed by atoms with E-state index in [1.54, 1.807) is 19.1 Å². The average Bonchev–Trinajstić information content (AvgIpc) is 2.60. The van der Waals surface area contributed by atoms with Gasteiger partial charge in [-0.3, -0.25) is 19.7 Å². The van der Waals surface area contributed by atoms with E-state index in [0.717, 1.165) is 11.6 Å². The number of carbonyl (C=O) groups is 2. The van der Waals surface area contributed by atoms with Gasteiger partial charge in [0.1, 0.15) is 11.6 Å². The van der Waals surface area contributed by atoms with Gasteiger partial charge in [-0.05, 0) is 30.7 Å². The van der Waals surface area contributed by atoms with Gasteiger partial charge in [-0.15, -0.1) is 0 Å². The molecule has 2 rings (SSSR count). The molecular weight excluding hydrogens is 331 g/mol. The van der Waals surface area contributed by atoms with Crippen molar-refractivity contribution in [2.75, 3.05) is 6.61 Å². The first-order chi connectivity index (χ1) is 11.9. The molecule has 1 amide bonds. The van der Waals surface area contributed by atoms with E-state index >= 15 is 0 Å². The van der Waals surface area contributed by atoms with Crippen molar-refractivity contribution in [3.8, 4) is 5.75 Å². The summed E-state index contributed by atoms with van der Waals surface area (Å²) in [5.41, 5.74) is 0.455. The Bertz CT molecular complexity index is 792. The highest BCUT2D eigenvalue weighted by atomic mass is 19.1. The van der Waals surface area contributed by atoms with Gasteiger partial charge in [-0.25, -0.2) is 4.39 Å². The predicted molar refractivity (Wildman–Crippen MR) is 86.9 cm³/mol. The molecule has 0 aliphatic carbocycles. The standard InChI is InChI=1S/C17H15FN2O5/c1-11(12-2-4-14(18)5-3-12)19-17(22)10-25-16-7-6-15(20(23)24)8-13(16)9-21/h2-9,11H,10H2,1H3,(H,19,22). The second kappa shape index (κ2) is 8.00. The molecule has 1 N–H and O–H groups in total. The maximum Gasteiger partial charge on any atom is 0.270 e. The van der Waals surface area contributed by atoms with Gasteiger partial charge in [-0.2, -0.15) is 0 Å². The van der Waals surface area contributed by atoms with Crippen LogP contribution in [0, 0.1) is 15.9 Å². The van der Waals surface area contributed by atoms with Gasteiger partial charge >= 0.3 is 0 Å². The molecule has 0 aliphatic heterocycles. The number of nitro groups is 1. The molecule has 25 heavy (non-hydrogen) atoms. The van der Waals surface area contributed by atoms with E-state index in [1.807, 2.05) is 0 Å². The van der Waals surface area contributed by atoms with Crippen LogP contribution >= 0.6 is 0 Å². The molecule has 2 aromatic rings. The lowest BCUT2D eigenvalue weighted by Gasteiger charge is -2.15. The summed E-state index contributed by atoms with van der Waals surface area (Å²) in [6.45, 7) is 1.36. The lowest BCUT2D eigenvalue weighted by Crippen LogP contribution is -2.31. The molecule has 7 nitrogen and oxygen atoms in total. The first-order valence-corrected chi connectivity index (χ1v) is 7.32. The van der Waals surface area contributed by atoms with E-state index in [1.165, 1.54) is 24.3 Å². The molecule has 1 atom stereocenters. The summed E-state index contributed by atoms with van der Waals surface area (Å²) in [6.07, 6.45) is 0.418. The summed E-state index contributed by atoms with van der Waals surface area (Å²) < 4.78 is 18.1. The molecule has 0 bridgehead atoms. The van der Waals surface area contributed by atoms with Crippen molar-refractivity contribution in [3.63, 3.8) is 0 Å². The number of nitro benzene ring substituents is 1. The van der Waals surface area contributed by atoms with Crippen molar-refractivity contribution in [2.24, 2.45) is 0 Å². The summed E-state index contributed by atoms with van der Waals surface area (Å²) in [5, 5.41) is 13.4. The smallest absolute Gasteiger partial charge is 0.270 e. The number of hydrogen-bond donors (Lipinski definition) is 1. The van der Waals surface area contributed by atoms with Crippen LogP contribution in [0.25, 0.3) is 0 Å². The van der Waals surface area contributed by atoms with E-state index in [2.05, 4.69) is 5.32 Å². The molecule has 0 aromatic heterocycles. The maximum absolute atomic E-state index is 12.9. The highest BCUT2D eigenvalue weighted by Gasteiger charge is 2.14. The second-order valence-electron chi connectivity index (χ2n) is 5.23. The molecule has 0 saturated heterocycles. The van der Waals surface area contributed by atoms with Gasteiger partial charge in [0.2, 0.25) is 0 Å². The Morgan fingerprint density at radius 3 is 2.60 bits per heavy atom. The van der Waals surface area contributed by atoms with E-state index in [9.17, 15) is 24.1 Å². The first kappa shape index (κ1) is 18.1. The molecule has 0 heterocycles. The Morgan fingerprint density at radius 1 is 1.32 bits per heavy atom. The summed E-state index contributed by atoms with van der Waals surface area (Å²) >= 11 is 0. The highest BCUT2D eigenvalue weighted by Crippen LogP contribution is 2.22.